The summed E-state index contributed by atoms with van der Waals surface area (Å²) in [5.41, 5.74) is 0.176. The van der Waals surface area contributed by atoms with Gasteiger partial charge in [-0.05, 0) is 68.2 Å². The van der Waals surface area contributed by atoms with E-state index in [2.05, 4.69) is 5.32 Å². The molecule has 3 aliphatic rings. The van der Waals surface area contributed by atoms with Gasteiger partial charge in [0, 0.05) is 17.4 Å². The number of benzene rings is 1. The molecule has 0 bridgehead atoms. The molecule has 0 heterocycles. The fourth-order valence-electron chi connectivity index (χ4n) is 5.07. The Kier molecular flexibility index (Phi) is 6.38. The van der Waals surface area contributed by atoms with E-state index in [1.54, 1.807) is 12.2 Å². The lowest BCUT2D eigenvalue weighted by molar-refractivity contribution is -0.143. The molecule has 2 fully saturated rings. The van der Waals surface area contributed by atoms with Gasteiger partial charge >= 0.3 is 5.97 Å². The number of carboxylic acids is 1. The van der Waals surface area contributed by atoms with Gasteiger partial charge < -0.3 is 10.4 Å². The predicted molar refractivity (Wildman–Crippen MR) is 120 cm³/mol. The van der Waals surface area contributed by atoms with Gasteiger partial charge in [0.2, 0.25) is 5.91 Å². The fraction of sp³-hybridized carbons (Fsp3) is 0.520. The highest BCUT2D eigenvalue weighted by Gasteiger charge is 2.52. The van der Waals surface area contributed by atoms with Crippen LogP contribution in [0.15, 0.2) is 41.0 Å². The summed E-state index contributed by atoms with van der Waals surface area (Å²) in [5, 5.41) is 12.6. The normalized spacial score (nSPS) is 26.2. The molecule has 0 radical (unpaired) electrons. The first-order chi connectivity index (χ1) is 15.5. The summed E-state index contributed by atoms with van der Waals surface area (Å²) in [6.07, 6.45) is 5.22. The van der Waals surface area contributed by atoms with Crippen molar-refractivity contribution < 1.29 is 27.9 Å². The minimum atomic E-state index is -2.99. The van der Waals surface area contributed by atoms with E-state index in [9.17, 15) is 27.9 Å². The molecule has 1 aromatic carbocycles. The number of rotatable bonds is 7. The number of carbonyl (C=O) groups is 2. The second kappa shape index (κ2) is 8.82. The number of alkyl halides is 2. The molecule has 3 atom stereocenters. The van der Waals surface area contributed by atoms with Crippen LogP contribution in [0.1, 0.15) is 51.0 Å². The van der Waals surface area contributed by atoms with Crippen molar-refractivity contribution in [1.29, 1.82) is 0 Å². The summed E-state index contributed by atoms with van der Waals surface area (Å²) >= 11 is 6.16. The largest absolute Gasteiger partial charge is 0.481 e. The summed E-state index contributed by atoms with van der Waals surface area (Å²) < 4.78 is 44.0. The molecule has 0 aliphatic heterocycles. The molecule has 3 aliphatic carbocycles. The fourth-order valence-corrected chi connectivity index (χ4v) is 5.21. The Morgan fingerprint density at radius 3 is 2.55 bits per heavy atom. The number of allylic oxidation sites excluding steroid dienone is 3. The highest BCUT2D eigenvalue weighted by atomic mass is 35.5. The minimum absolute atomic E-state index is 0.0946. The smallest absolute Gasteiger partial charge is 0.309 e. The lowest BCUT2D eigenvalue weighted by Gasteiger charge is -2.32. The lowest BCUT2D eigenvalue weighted by Crippen LogP contribution is -2.38. The molecule has 0 aromatic heterocycles. The first-order valence-corrected chi connectivity index (χ1v) is 11.7. The monoisotopic (exact) mass is 481 g/mol. The van der Waals surface area contributed by atoms with Crippen LogP contribution in [-0.2, 0) is 16.0 Å². The van der Waals surface area contributed by atoms with Gasteiger partial charge in [-0.25, -0.2) is 13.2 Å². The summed E-state index contributed by atoms with van der Waals surface area (Å²) in [4.78, 5) is 24.8. The van der Waals surface area contributed by atoms with Gasteiger partial charge in [0.25, 0.3) is 5.92 Å². The summed E-state index contributed by atoms with van der Waals surface area (Å²) in [5.74, 6) is -7.64. The summed E-state index contributed by atoms with van der Waals surface area (Å²) in [6.45, 7) is 1.87. The lowest BCUT2D eigenvalue weighted by atomic mass is 9.77. The van der Waals surface area contributed by atoms with Gasteiger partial charge in [0.15, 0.2) is 0 Å². The first kappa shape index (κ1) is 23.9. The molecule has 3 unspecified atom stereocenters. The van der Waals surface area contributed by atoms with E-state index >= 15 is 0 Å². The van der Waals surface area contributed by atoms with E-state index in [1.807, 2.05) is 6.92 Å². The van der Waals surface area contributed by atoms with Crippen LogP contribution in [-0.4, -0.2) is 22.9 Å². The quantitative estimate of drug-likeness (QED) is 0.479. The Morgan fingerprint density at radius 1 is 1.24 bits per heavy atom. The molecule has 2 N–H and O–H groups in total. The number of hydrogen-bond acceptors (Lipinski definition) is 2. The zero-order valence-corrected chi connectivity index (χ0v) is 19.1. The Bertz CT molecular complexity index is 1030. The van der Waals surface area contributed by atoms with Crippen molar-refractivity contribution in [3.05, 3.63) is 52.3 Å². The number of anilines is 1. The van der Waals surface area contributed by atoms with E-state index in [-0.39, 0.29) is 30.9 Å². The molecule has 4 rings (SSSR count). The molecule has 2 saturated carbocycles. The van der Waals surface area contributed by atoms with Gasteiger partial charge in [-0.1, -0.05) is 36.2 Å². The molecular formula is C25H27ClF3NO3. The third kappa shape index (κ3) is 4.84. The molecule has 4 nitrogen and oxygen atoms in total. The van der Waals surface area contributed by atoms with Crippen LogP contribution in [0.25, 0.3) is 0 Å². The van der Waals surface area contributed by atoms with Crippen molar-refractivity contribution in [2.75, 3.05) is 5.32 Å². The van der Waals surface area contributed by atoms with Crippen LogP contribution in [0.2, 0.25) is 0 Å². The number of carboxylic acid groups (broad SMARTS) is 1. The molecule has 8 heteroatoms. The number of halogens is 4. The predicted octanol–water partition coefficient (Wildman–Crippen LogP) is 6.31. The molecule has 1 aromatic rings. The van der Waals surface area contributed by atoms with Gasteiger partial charge in [-0.2, -0.15) is 0 Å². The zero-order chi connectivity index (χ0) is 24.0. The second-order valence-electron chi connectivity index (χ2n) is 9.70. The van der Waals surface area contributed by atoms with Crippen molar-refractivity contribution in [3.8, 4) is 0 Å². The molecule has 0 saturated heterocycles. The molecule has 1 amide bonds. The number of carbonyl (C=O) groups excluding carboxylic acids is 1. The van der Waals surface area contributed by atoms with E-state index in [0.717, 1.165) is 0 Å². The van der Waals surface area contributed by atoms with Crippen LogP contribution in [0, 0.1) is 29.0 Å². The SMILES string of the molecule is CC1CC(C(C(=O)Nc2cc(CC3(C(=O)O)CC3)ccc2F)C2CCCC2(F)F)=CC=C1Cl. The Balaban J connectivity index is 1.61. The summed E-state index contributed by atoms with van der Waals surface area (Å²) in [6, 6.07) is 4.08. The maximum Gasteiger partial charge on any atom is 0.309 e. The number of aliphatic carboxylic acids is 1. The minimum Gasteiger partial charge on any atom is -0.481 e. The maximum atomic E-state index is 14.7. The molecule has 0 spiro atoms. The molecule has 33 heavy (non-hydrogen) atoms. The van der Waals surface area contributed by atoms with Crippen molar-refractivity contribution in [2.45, 2.75) is 57.8 Å². The van der Waals surface area contributed by atoms with Gasteiger partial charge in [-0.3, -0.25) is 9.59 Å². The van der Waals surface area contributed by atoms with Crippen molar-refractivity contribution in [2.24, 2.45) is 23.2 Å². The highest BCUT2D eigenvalue weighted by Crippen LogP contribution is 2.50. The molecular weight excluding hydrogens is 455 g/mol. The third-order valence-electron chi connectivity index (χ3n) is 7.26. The van der Waals surface area contributed by atoms with Crippen LogP contribution in [0.4, 0.5) is 18.9 Å². The Hall–Kier alpha value is -2.28. The van der Waals surface area contributed by atoms with E-state index < -0.39 is 40.9 Å². The van der Waals surface area contributed by atoms with Crippen LogP contribution >= 0.6 is 11.6 Å². The third-order valence-corrected chi connectivity index (χ3v) is 7.76. The standard InChI is InChI=1S/C25H27ClF3NO3/c1-14-11-16(5-6-18(14)26)21(17-3-2-8-25(17,28)29)22(31)30-20-12-15(4-7-19(20)27)13-24(9-10-24)23(32)33/h4-7,12,14,17,21H,2-3,8-11,13H2,1H3,(H,30,31)(H,32,33). The van der Waals surface area contributed by atoms with Crippen molar-refractivity contribution >= 4 is 29.2 Å². The first-order valence-electron chi connectivity index (χ1n) is 11.3. The Morgan fingerprint density at radius 2 is 1.97 bits per heavy atom. The summed E-state index contributed by atoms with van der Waals surface area (Å²) in [7, 11) is 0. The number of amides is 1. The van der Waals surface area contributed by atoms with Crippen LogP contribution in [0.3, 0.4) is 0 Å². The van der Waals surface area contributed by atoms with Crippen LogP contribution in [0.5, 0.6) is 0 Å². The highest BCUT2D eigenvalue weighted by molar-refractivity contribution is 6.30. The van der Waals surface area contributed by atoms with Crippen molar-refractivity contribution in [3.63, 3.8) is 0 Å². The number of nitrogens with one attached hydrogen (secondary N) is 1. The van der Waals surface area contributed by atoms with E-state index in [0.29, 0.717) is 41.9 Å². The van der Waals surface area contributed by atoms with Gasteiger partial charge in [-0.15, -0.1) is 0 Å². The van der Waals surface area contributed by atoms with Gasteiger partial charge in [0.1, 0.15) is 5.82 Å². The van der Waals surface area contributed by atoms with E-state index in [4.69, 9.17) is 11.6 Å². The number of hydrogen-bond donors (Lipinski definition) is 2. The van der Waals surface area contributed by atoms with Crippen molar-refractivity contribution in [1.82, 2.24) is 0 Å². The molecule has 178 valence electrons. The second-order valence-corrected chi connectivity index (χ2v) is 10.1. The Labute approximate surface area is 195 Å². The zero-order valence-electron chi connectivity index (χ0n) is 18.3. The average Bonchev–Trinajstić information content (AvgIpc) is 3.45. The van der Waals surface area contributed by atoms with Crippen LogP contribution < -0.4 is 5.32 Å². The topological polar surface area (TPSA) is 66.4 Å². The van der Waals surface area contributed by atoms with E-state index in [1.165, 1.54) is 18.2 Å². The maximum absolute atomic E-state index is 14.7. The average molecular weight is 482 g/mol. The van der Waals surface area contributed by atoms with Gasteiger partial charge in [0.05, 0.1) is 17.0 Å².